The molecular formula is C16H15NO5. The Balaban J connectivity index is 2.28. The van der Waals surface area contributed by atoms with Crippen LogP contribution in [0, 0.1) is 0 Å². The highest BCUT2D eigenvalue weighted by atomic mass is 16.4. The molecule has 0 aliphatic rings. The van der Waals surface area contributed by atoms with Gasteiger partial charge in [-0.2, -0.15) is 0 Å². The minimum absolute atomic E-state index is 0.00822. The van der Waals surface area contributed by atoms with Gasteiger partial charge in [-0.1, -0.05) is 0 Å². The molecule has 0 unspecified atom stereocenters. The van der Waals surface area contributed by atoms with Crippen LogP contribution in [0.25, 0.3) is 0 Å². The highest BCUT2D eigenvalue weighted by molar-refractivity contribution is 6.04. The predicted molar refractivity (Wildman–Crippen MR) is 79.1 cm³/mol. The summed E-state index contributed by atoms with van der Waals surface area (Å²) in [7, 11) is 0. The lowest BCUT2D eigenvalue weighted by molar-refractivity contribution is -0.136. The molecule has 0 spiro atoms. The number of carbonyl (C=O) groups excluding carboxylic acids is 2. The van der Waals surface area contributed by atoms with E-state index in [0.717, 1.165) is 0 Å². The third-order valence-electron chi connectivity index (χ3n) is 3.11. The molecule has 0 aliphatic carbocycles. The second kappa shape index (κ2) is 6.71. The standard InChI is InChI=1S/C16H15NO5/c1-11(18)12-4-6-13(7-5-12)17(9-8-15(19)20)16(21)14-3-2-10-22-14/h2-7,10H,8-9H2,1H3,(H,19,20). The van der Waals surface area contributed by atoms with Gasteiger partial charge in [0.05, 0.1) is 12.7 Å². The zero-order chi connectivity index (χ0) is 16.1. The van der Waals surface area contributed by atoms with Crippen LogP contribution in [0.3, 0.4) is 0 Å². The van der Waals surface area contributed by atoms with Gasteiger partial charge in [0.1, 0.15) is 0 Å². The molecular weight excluding hydrogens is 286 g/mol. The maximum absolute atomic E-state index is 12.4. The summed E-state index contributed by atoms with van der Waals surface area (Å²) in [4.78, 5) is 35.8. The number of carboxylic acid groups (broad SMARTS) is 1. The van der Waals surface area contributed by atoms with Crippen molar-refractivity contribution >= 4 is 23.3 Å². The number of ketones is 1. The number of amides is 1. The lowest BCUT2D eigenvalue weighted by atomic mass is 10.1. The Hall–Kier alpha value is -2.89. The van der Waals surface area contributed by atoms with Gasteiger partial charge in [-0.3, -0.25) is 14.4 Å². The first-order valence-corrected chi connectivity index (χ1v) is 6.67. The number of furan rings is 1. The van der Waals surface area contributed by atoms with Crippen LogP contribution < -0.4 is 4.90 Å². The minimum Gasteiger partial charge on any atom is -0.481 e. The molecule has 1 aromatic carbocycles. The van der Waals surface area contributed by atoms with E-state index >= 15 is 0 Å². The number of carboxylic acids is 1. The third-order valence-corrected chi connectivity index (χ3v) is 3.11. The highest BCUT2D eigenvalue weighted by Crippen LogP contribution is 2.19. The summed E-state index contributed by atoms with van der Waals surface area (Å²) in [6.07, 6.45) is 1.18. The highest BCUT2D eigenvalue weighted by Gasteiger charge is 2.21. The van der Waals surface area contributed by atoms with Crippen LogP contribution >= 0.6 is 0 Å². The molecule has 1 N–H and O–H groups in total. The Morgan fingerprint density at radius 3 is 2.32 bits per heavy atom. The van der Waals surface area contributed by atoms with Crippen LogP contribution in [0.1, 0.15) is 34.3 Å². The summed E-state index contributed by atoms with van der Waals surface area (Å²) < 4.78 is 5.07. The molecule has 6 heteroatoms. The summed E-state index contributed by atoms with van der Waals surface area (Å²) >= 11 is 0. The van der Waals surface area contributed by atoms with E-state index in [2.05, 4.69) is 0 Å². The predicted octanol–water partition coefficient (Wildman–Crippen LogP) is 2.60. The number of anilines is 1. The van der Waals surface area contributed by atoms with Crippen LogP contribution in [-0.4, -0.2) is 29.3 Å². The first-order chi connectivity index (χ1) is 10.5. The van der Waals surface area contributed by atoms with Gasteiger partial charge in [-0.25, -0.2) is 0 Å². The molecule has 114 valence electrons. The van der Waals surface area contributed by atoms with Crippen LogP contribution in [-0.2, 0) is 4.79 Å². The SMILES string of the molecule is CC(=O)c1ccc(N(CCC(=O)O)C(=O)c2ccco2)cc1. The van der Waals surface area contributed by atoms with Crippen LogP contribution in [0.5, 0.6) is 0 Å². The quantitative estimate of drug-likeness (QED) is 0.828. The average Bonchev–Trinajstić information content (AvgIpc) is 3.01. The van der Waals surface area contributed by atoms with Crippen molar-refractivity contribution in [1.29, 1.82) is 0 Å². The average molecular weight is 301 g/mol. The number of aliphatic carboxylic acids is 1. The van der Waals surface area contributed by atoms with E-state index in [-0.39, 0.29) is 24.5 Å². The molecule has 0 saturated heterocycles. The molecule has 1 aromatic heterocycles. The summed E-state index contributed by atoms with van der Waals surface area (Å²) in [5, 5.41) is 8.83. The number of nitrogens with zero attached hydrogens (tertiary/aromatic N) is 1. The van der Waals surface area contributed by atoms with Gasteiger partial charge in [0.2, 0.25) is 0 Å². The second-order valence-corrected chi connectivity index (χ2v) is 4.68. The first-order valence-electron chi connectivity index (χ1n) is 6.67. The van der Waals surface area contributed by atoms with Crippen molar-refractivity contribution in [2.45, 2.75) is 13.3 Å². The van der Waals surface area contributed by atoms with Gasteiger partial charge in [-0.15, -0.1) is 0 Å². The van der Waals surface area contributed by atoms with Crippen LogP contribution in [0.2, 0.25) is 0 Å². The van der Waals surface area contributed by atoms with Crippen LogP contribution in [0.15, 0.2) is 47.1 Å². The second-order valence-electron chi connectivity index (χ2n) is 4.68. The molecule has 0 aliphatic heterocycles. The summed E-state index contributed by atoms with van der Waals surface area (Å²) in [5.74, 6) is -1.39. The van der Waals surface area contributed by atoms with Gasteiger partial charge < -0.3 is 14.4 Å². The number of rotatable bonds is 6. The Labute approximate surface area is 127 Å². The third kappa shape index (κ3) is 3.60. The van der Waals surface area contributed by atoms with E-state index in [1.165, 1.54) is 24.2 Å². The molecule has 22 heavy (non-hydrogen) atoms. The van der Waals surface area contributed by atoms with Gasteiger partial charge in [0, 0.05) is 17.8 Å². The summed E-state index contributed by atoms with van der Waals surface area (Å²) in [6.45, 7) is 1.46. The topological polar surface area (TPSA) is 87.8 Å². The van der Waals surface area contributed by atoms with E-state index in [0.29, 0.717) is 11.3 Å². The van der Waals surface area contributed by atoms with E-state index < -0.39 is 11.9 Å². The van der Waals surface area contributed by atoms with Gasteiger partial charge in [0.15, 0.2) is 11.5 Å². The Morgan fingerprint density at radius 1 is 1.14 bits per heavy atom. The van der Waals surface area contributed by atoms with Crippen LogP contribution in [0.4, 0.5) is 5.69 Å². The fraction of sp³-hybridized carbons (Fsp3) is 0.188. The fourth-order valence-electron chi connectivity index (χ4n) is 1.96. The van der Waals surface area contributed by atoms with Crippen molar-refractivity contribution in [3.05, 3.63) is 54.0 Å². The molecule has 2 aromatic rings. The van der Waals surface area contributed by atoms with Gasteiger partial charge in [0.25, 0.3) is 5.91 Å². The lowest BCUT2D eigenvalue weighted by Crippen LogP contribution is -2.32. The van der Waals surface area contributed by atoms with Crippen molar-refractivity contribution in [1.82, 2.24) is 0 Å². The number of benzene rings is 1. The van der Waals surface area contributed by atoms with E-state index in [1.54, 1.807) is 30.3 Å². The monoisotopic (exact) mass is 301 g/mol. The smallest absolute Gasteiger partial charge is 0.305 e. The zero-order valence-electron chi connectivity index (χ0n) is 12.0. The molecule has 1 heterocycles. The maximum Gasteiger partial charge on any atom is 0.305 e. The summed E-state index contributed by atoms with van der Waals surface area (Å²) in [5.41, 5.74) is 1.03. The Kier molecular flexibility index (Phi) is 4.73. The number of Topliss-reactive ketones (excluding diaryl/α,β-unsaturated/α-hetero) is 1. The molecule has 0 atom stereocenters. The Bertz CT molecular complexity index is 673. The van der Waals surface area contributed by atoms with Crippen molar-refractivity contribution in [3.8, 4) is 0 Å². The largest absolute Gasteiger partial charge is 0.481 e. The number of hydrogen-bond acceptors (Lipinski definition) is 4. The van der Waals surface area contributed by atoms with Crippen molar-refractivity contribution < 1.29 is 23.9 Å². The van der Waals surface area contributed by atoms with E-state index in [4.69, 9.17) is 9.52 Å². The molecule has 0 radical (unpaired) electrons. The Morgan fingerprint density at radius 2 is 1.82 bits per heavy atom. The van der Waals surface area contributed by atoms with Gasteiger partial charge in [-0.05, 0) is 43.3 Å². The van der Waals surface area contributed by atoms with Crippen molar-refractivity contribution in [2.24, 2.45) is 0 Å². The molecule has 6 nitrogen and oxygen atoms in total. The molecule has 0 bridgehead atoms. The van der Waals surface area contributed by atoms with E-state index in [1.807, 2.05) is 0 Å². The molecule has 2 rings (SSSR count). The molecule has 1 amide bonds. The van der Waals surface area contributed by atoms with E-state index in [9.17, 15) is 14.4 Å². The maximum atomic E-state index is 12.4. The lowest BCUT2D eigenvalue weighted by Gasteiger charge is -2.21. The zero-order valence-corrected chi connectivity index (χ0v) is 12.0. The normalized spacial score (nSPS) is 10.2. The fourth-order valence-corrected chi connectivity index (χ4v) is 1.96. The number of hydrogen-bond donors (Lipinski definition) is 1. The molecule has 0 fully saturated rings. The minimum atomic E-state index is -1.00. The first kappa shape index (κ1) is 15.5. The van der Waals surface area contributed by atoms with Gasteiger partial charge >= 0.3 is 5.97 Å². The summed E-state index contributed by atoms with van der Waals surface area (Å²) in [6, 6.07) is 9.52. The van der Waals surface area contributed by atoms with Crippen molar-refractivity contribution in [2.75, 3.05) is 11.4 Å². The van der Waals surface area contributed by atoms with Crippen molar-refractivity contribution in [3.63, 3.8) is 0 Å². The molecule has 0 saturated carbocycles. The number of carbonyl (C=O) groups is 3.